The van der Waals surface area contributed by atoms with Gasteiger partial charge < -0.3 is 5.32 Å². The molecule has 96 valence electrons. The van der Waals surface area contributed by atoms with Gasteiger partial charge in [-0.1, -0.05) is 23.7 Å². The Morgan fingerprint density at radius 1 is 1.39 bits per heavy atom. The number of hydrogen-bond donors (Lipinski definition) is 1. The van der Waals surface area contributed by atoms with Crippen molar-refractivity contribution in [2.45, 2.75) is 25.9 Å². The number of hydrogen-bond acceptors (Lipinski definition) is 3. The second-order valence-corrected chi connectivity index (χ2v) is 5.60. The molecule has 0 saturated heterocycles. The Labute approximate surface area is 115 Å². The lowest BCUT2D eigenvalue weighted by Crippen LogP contribution is -2.29. The van der Waals surface area contributed by atoms with Crippen molar-refractivity contribution in [1.82, 2.24) is 10.3 Å². The van der Waals surface area contributed by atoms with Crippen molar-refractivity contribution in [3.05, 3.63) is 51.2 Å². The molecule has 0 saturated carbocycles. The Hall–Kier alpha value is -0.970. The van der Waals surface area contributed by atoms with E-state index in [1.54, 1.807) is 24.4 Å². The lowest BCUT2D eigenvalue weighted by atomic mass is 10.1. The third-order valence-electron chi connectivity index (χ3n) is 2.49. The number of halogens is 2. The van der Waals surface area contributed by atoms with Gasteiger partial charge in [-0.05, 0) is 19.9 Å². The van der Waals surface area contributed by atoms with Crippen LogP contribution in [0.4, 0.5) is 4.39 Å². The molecular weight excluding hydrogens is 271 g/mol. The minimum atomic E-state index is -0.382. The van der Waals surface area contributed by atoms with Crippen LogP contribution in [-0.2, 0) is 0 Å². The van der Waals surface area contributed by atoms with Crippen molar-refractivity contribution in [3.8, 4) is 0 Å². The van der Waals surface area contributed by atoms with Crippen LogP contribution in [0.15, 0.2) is 29.8 Å². The molecule has 0 radical (unpaired) electrons. The highest BCUT2D eigenvalue weighted by Gasteiger charge is 2.21. The fourth-order valence-electron chi connectivity index (χ4n) is 1.75. The molecule has 0 amide bonds. The number of nitrogens with one attached hydrogen (secondary N) is 1. The summed E-state index contributed by atoms with van der Waals surface area (Å²) in [5, 5.41) is 6.17. The molecule has 1 N–H and O–H groups in total. The molecule has 0 aliphatic carbocycles. The first kappa shape index (κ1) is 13.5. The van der Waals surface area contributed by atoms with Crippen LogP contribution in [0, 0.1) is 5.82 Å². The van der Waals surface area contributed by atoms with E-state index in [-0.39, 0.29) is 22.9 Å². The largest absolute Gasteiger partial charge is 0.302 e. The predicted octanol–water partition coefficient (Wildman–Crippen LogP) is 4.02. The summed E-state index contributed by atoms with van der Waals surface area (Å²) in [5.41, 5.74) is 0.533. The highest BCUT2D eigenvalue weighted by atomic mass is 35.5. The number of rotatable bonds is 4. The highest BCUT2D eigenvalue weighted by molar-refractivity contribution is 7.09. The van der Waals surface area contributed by atoms with Crippen molar-refractivity contribution in [3.63, 3.8) is 0 Å². The van der Waals surface area contributed by atoms with Crippen molar-refractivity contribution in [2.24, 2.45) is 0 Å². The Morgan fingerprint density at radius 2 is 2.17 bits per heavy atom. The number of aromatic nitrogens is 1. The van der Waals surface area contributed by atoms with E-state index in [1.165, 1.54) is 11.3 Å². The maximum atomic E-state index is 14.1. The molecule has 0 aliphatic heterocycles. The van der Waals surface area contributed by atoms with E-state index in [1.807, 2.05) is 19.2 Å². The predicted molar refractivity (Wildman–Crippen MR) is 73.6 cm³/mol. The lowest BCUT2D eigenvalue weighted by molar-refractivity contribution is 0.502. The number of nitrogens with zero attached hydrogens (tertiary/aromatic N) is 1. The summed E-state index contributed by atoms with van der Waals surface area (Å²) in [6.07, 6.45) is 1.72. The average molecular weight is 285 g/mol. The first-order chi connectivity index (χ1) is 8.59. The Morgan fingerprint density at radius 3 is 2.78 bits per heavy atom. The topological polar surface area (TPSA) is 24.9 Å². The molecule has 0 bridgehead atoms. The van der Waals surface area contributed by atoms with Gasteiger partial charge in [0.1, 0.15) is 10.8 Å². The van der Waals surface area contributed by atoms with Crippen LogP contribution < -0.4 is 5.32 Å². The fourth-order valence-corrected chi connectivity index (χ4v) is 2.64. The van der Waals surface area contributed by atoms with Gasteiger partial charge in [0.05, 0.1) is 11.1 Å². The van der Waals surface area contributed by atoms with Crippen molar-refractivity contribution in [2.75, 3.05) is 0 Å². The molecule has 1 aromatic heterocycles. The highest BCUT2D eigenvalue weighted by Crippen LogP contribution is 2.29. The van der Waals surface area contributed by atoms with E-state index >= 15 is 0 Å². The number of benzene rings is 1. The third-order valence-corrected chi connectivity index (χ3v) is 3.62. The van der Waals surface area contributed by atoms with Crippen LogP contribution in [0.2, 0.25) is 5.02 Å². The molecule has 5 heteroatoms. The molecule has 1 unspecified atom stereocenters. The zero-order valence-electron chi connectivity index (χ0n) is 10.2. The van der Waals surface area contributed by atoms with E-state index in [0.29, 0.717) is 5.56 Å². The van der Waals surface area contributed by atoms with Crippen LogP contribution in [0.3, 0.4) is 0 Å². The monoisotopic (exact) mass is 284 g/mol. The fraction of sp³-hybridized carbons (Fsp3) is 0.308. The molecule has 1 heterocycles. The van der Waals surface area contributed by atoms with Gasteiger partial charge in [-0.15, -0.1) is 11.3 Å². The first-order valence-corrected chi connectivity index (χ1v) is 6.94. The Balaban J connectivity index is 2.43. The van der Waals surface area contributed by atoms with Gasteiger partial charge in [0.2, 0.25) is 0 Å². The standard InChI is InChI=1S/C13H14ClFN2S/c1-8(2)17-12(13-16-6-7-18-13)9-4-3-5-10(14)11(9)15/h3-8,12,17H,1-2H3. The van der Waals surface area contributed by atoms with E-state index in [2.05, 4.69) is 10.3 Å². The van der Waals surface area contributed by atoms with Crippen LogP contribution in [0.5, 0.6) is 0 Å². The van der Waals surface area contributed by atoms with Gasteiger partial charge in [-0.25, -0.2) is 9.37 Å². The minimum absolute atomic E-state index is 0.139. The van der Waals surface area contributed by atoms with Gasteiger partial charge >= 0.3 is 0 Å². The molecule has 0 fully saturated rings. The second kappa shape index (κ2) is 5.78. The van der Waals surface area contributed by atoms with E-state index in [4.69, 9.17) is 11.6 Å². The first-order valence-electron chi connectivity index (χ1n) is 5.69. The van der Waals surface area contributed by atoms with Crippen molar-refractivity contribution < 1.29 is 4.39 Å². The SMILES string of the molecule is CC(C)NC(c1nccs1)c1cccc(Cl)c1F. The van der Waals surface area contributed by atoms with Gasteiger partial charge in [0.25, 0.3) is 0 Å². The second-order valence-electron chi connectivity index (χ2n) is 4.27. The zero-order chi connectivity index (χ0) is 13.1. The number of thiazole rings is 1. The summed E-state index contributed by atoms with van der Waals surface area (Å²) in [7, 11) is 0. The normalized spacial score (nSPS) is 12.9. The van der Waals surface area contributed by atoms with Gasteiger partial charge in [-0.3, -0.25) is 0 Å². The summed E-state index contributed by atoms with van der Waals surface area (Å²) in [4.78, 5) is 4.26. The molecule has 18 heavy (non-hydrogen) atoms. The van der Waals surface area contributed by atoms with Gasteiger partial charge in [-0.2, -0.15) is 0 Å². The summed E-state index contributed by atoms with van der Waals surface area (Å²) >= 11 is 7.34. The smallest absolute Gasteiger partial charge is 0.146 e. The van der Waals surface area contributed by atoms with Crippen LogP contribution in [0.1, 0.15) is 30.5 Å². The quantitative estimate of drug-likeness (QED) is 0.917. The van der Waals surface area contributed by atoms with Gasteiger partial charge in [0.15, 0.2) is 0 Å². The lowest BCUT2D eigenvalue weighted by Gasteiger charge is -2.20. The molecule has 2 rings (SSSR count). The summed E-state index contributed by atoms with van der Waals surface area (Å²) in [6.45, 7) is 4.03. The maximum Gasteiger partial charge on any atom is 0.146 e. The molecule has 1 aromatic carbocycles. The van der Waals surface area contributed by atoms with E-state index in [0.717, 1.165) is 5.01 Å². The van der Waals surface area contributed by atoms with Gasteiger partial charge in [0, 0.05) is 23.2 Å². The summed E-state index contributed by atoms with van der Waals surface area (Å²) in [5.74, 6) is -0.382. The zero-order valence-corrected chi connectivity index (χ0v) is 11.7. The van der Waals surface area contributed by atoms with Crippen LogP contribution >= 0.6 is 22.9 Å². The molecule has 0 aliphatic rings. The summed E-state index contributed by atoms with van der Waals surface area (Å²) in [6, 6.07) is 5.00. The van der Waals surface area contributed by atoms with Crippen LogP contribution in [0.25, 0.3) is 0 Å². The molecule has 2 nitrogen and oxygen atoms in total. The van der Waals surface area contributed by atoms with Crippen molar-refractivity contribution >= 4 is 22.9 Å². The maximum absolute atomic E-state index is 14.1. The average Bonchev–Trinajstić information content (AvgIpc) is 2.83. The van der Waals surface area contributed by atoms with E-state index < -0.39 is 0 Å². The molecule has 2 aromatic rings. The van der Waals surface area contributed by atoms with E-state index in [9.17, 15) is 4.39 Å². The Bertz CT molecular complexity index is 514. The van der Waals surface area contributed by atoms with Crippen LogP contribution in [-0.4, -0.2) is 11.0 Å². The van der Waals surface area contributed by atoms with Crippen molar-refractivity contribution in [1.29, 1.82) is 0 Å². The molecule has 1 atom stereocenters. The molecular formula is C13H14ClFN2S. The third kappa shape index (κ3) is 2.88. The summed E-state index contributed by atoms with van der Waals surface area (Å²) < 4.78 is 14.1. The Kier molecular flexibility index (Phi) is 4.32. The minimum Gasteiger partial charge on any atom is -0.302 e. The molecule has 0 spiro atoms.